The fourth-order valence-electron chi connectivity index (χ4n) is 2.99. The molecule has 0 bridgehead atoms. The molecule has 1 aliphatic rings. The van der Waals surface area contributed by atoms with Crippen LogP contribution in [0, 0.1) is 5.82 Å². The Labute approximate surface area is 125 Å². The van der Waals surface area contributed by atoms with Gasteiger partial charge in [-0.1, -0.05) is 0 Å². The van der Waals surface area contributed by atoms with Crippen LogP contribution >= 0.6 is 0 Å². The quantitative estimate of drug-likeness (QED) is 0.925. The molecule has 0 spiro atoms. The molecule has 1 saturated heterocycles. The maximum absolute atomic E-state index is 12.8. The van der Waals surface area contributed by atoms with Crippen molar-refractivity contribution in [1.29, 1.82) is 0 Å². The van der Waals surface area contributed by atoms with Crippen LogP contribution in [0.1, 0.15) is 27.7 Å². The maximum atomic E-state index is 12.8. The summed E-state index contributed by atoms with van der Waals surface area (Å²) in [5.74, 6) is -0.304. The lowest BCUT2D eigenvalue weighted by Crippen LogP contribution is -2.64. The third-order valence-electron chi connectivity index (χ3n) is 3.86. The molecule has 1 aromatic carbocycles. The Morgan fingerprint density at radius 2 is 1.71 bits per heavy atom. The highest BCUT2D eigenvalue weighted by Gasteiger charge is 2.36. The number of nitrogens with one attached hydrogen (secondary N) is 1. The van der Waals surface area contributed by atoms with Crippen LogP contribution in [0.3, 0.4) is 0 Å². The van der Waals surface area contributed by atoms with Gasteiger partial charge in [0, 0.05) is 36.9 Å². The molecule has 1 aromatic rings. The largest absolute Gasteiger partial charge is 0.321 e. The molecular formula is C16H24FN3O. The molecule has 0 unspecified atom stereocenters. The third kappa shape index (κ3) is 3.73. The van der Waals surface area contributed by atoms with Gasteiger partial charge in [-0.05, 0) is 52.0 Å². The summed E-state index contributed by atoms with van der Waals surface area (Å²) in [5.41, 5.74) is 0.620. The van der Waals surface area contributed by atoms with Gasteiger partial charge in [0.05, 0.1) is 0 Å². The Morgan fingerprint density at radius 3 is 2.19 bits per heavy atom. The molecule has 21 heavy (non-hydrogen) atoms. The van der Waals surface area contributed by atoms with E-state index in [0.717, 1.165) is 13.1 Å². The van der Waals surface area contributed by atoms with Crippen molar-refractivity contribution in [1.82, 2.24) is 9.80 Å². The van der Waals surface area contributed by atoms with Crippen LogP contribution in [0.4, 0.5) is 14.9 Å². The van der Waals surface area contributed by atoms with Crippen molar-refractivity contribution in [2.24, 2.45) is 0 Å². The van der Waals surface area contributed by atoms with Crippen LogP contribution in [0.2, 0.25) is 0 Å². The highest BCUT2D eigenvalue weighted by atomic mass is 19.1. The van der Waals surface area contributed by atoms with E-state index in [4.69, 9.17) is 0 Å². The number of rotatable bonds is 4. The number of anilines is 1. The summed E-state index contributed by atoms with van der Waals surface area (Å²) in [6.07, 6.45) is 0. The van der Waals surface area contributed by atoms with Gasteiger partial charge >= 0.3 is 6.03 Å². The molecule has 1 N–H and O–H groups in total. The van der Waals surface area contributed by atoms with E-state index in [1.54, 1.807) is 17.0 Å². The Kier molecular flexibility index (Phi) is 4.83. The standard InChI is InChI=1S/C16H24FN3O/c1-11(2)20(12(3)4)15-9-19(10-15)16(21)18-14-7-5-13(17)6-8-14/h5-8,11-12,15H,9-10H2,1-4H3,(H,18,21). The number of halogens is 1. The molecule has 0 aromatic heterocycles. The molecular weight excluding hydrogens is 269 g/mol. The van der Waals surface area contributed by atoms with E-state index in [2.05, 4.69) is 37.9 Å². The zero-order valence-electron chi connectivity index (χ0n) is 13.1. The Bertz CT molecular complexity index is 473. The molecule has 2 rings (SSSR count). The van der Waals surface area contributed by atoms with Gasteiger partial charge in [0.25, 0.3) is 0 Å². The molecule has 0 saturated carbocycles. The molecule has 1 fully saturated rings. The fourth-order valence-corrected chi connectivity index (χ4v) is 2.99. The highest BCUT2D eigenvalue weighted by Crippen LogP contribution is 2.21. The molecule has 0 radical (unpaired) electrons. The van der Waals surface area contributed by atoms with Gasteiger partial charge < -0.3 is 10.2 Å². The van der Waals surface area contributed by atoms with Gasteiger partial charge in [-0.3, -0.25) is 4.90 Å². The van der Waals surface area contributed by atoms with Crippen molar-refractivity contribution in [3.63, 3.8) is 0 Å². The smallest absolute Gasteiger partial charge is 0.321 e. The lowest BCUT2D eigenvalue weighted by atomic mass is 10.0. The first-order valence-electron chi connectivity index (χ1n) is 7.47. The first-order valence-corrected chi connectivity index (χ1v) is 7.47. The normalized spacial score (nSPS) is 15.7. The predicted molar refractivity (Wildman–Crippen MR) is 82.9 cm³/mol. The van der Waals surface area contributed by atoms with E-state index < -0.39 is 0 Å². The van der Waals surface area contributed by atoms with E-state index in [-0.39, 0.29) is 11.8 Å². The molecule has 0 aliphatic carbocycles. The highest BCUT2D eigenvalue weighted by molar-refractivity contribution is 5.89. The first-order chi connectivity index (χ1) is 9.88. The number of carbonyl (C=O) groups excluding carboxylic acids is 1. The minimum Gasteiger partial charge on any atom is -0.321 e. The monoisotopic (exact) mass is 293 g/mol. The summed E-state index contributed by atoms with van der Waals surface area (Å²) >= 11 is 0. The number of urea groups is 1. The minimum atomic E-state index is -0.304. The van der Waals surface area contributed by atoms with Crippen molar-refractivity contribution in [3.05, 3.63) is 30.1 Å². The molecule has 116 valence electrons. The van der Waals surface area contributed by atoms with Crippen molar-refractivity contribution in [3.8, 4) is 0 Å². The van der Waals surface area contributed by atoms with Gasteiger partial charge in [0.1, 0.15) is 5.82 Å². The summed E-state index contributed by atoms with van der Waals surface area (Å²) in [6.45, 7) is 10.2. The summed E-state index contributed by atoms with van der Waals surface area (Å²) in [5, 5.41) is 2.79. The van der Waals surface area contributed by atoms with Crippen LogP contribution in [0.5, 0.6) is 0 Å². The Hall–Kier alpha value is -1.62. The van der Waals surface area contributed by atoms with Crippen LogP contribution in [0.15, 0.2) is 24.3 Å². The third-order valence-corrected chi connectivity index (χ3v) is 3.86. The summed E-state index contributed by atoms with van der Waals surface area (Å²) in [4.78, 5) is 16.3. The second-order valence-corrected chi connectivity index (χ2v) is 6.13. The second-order valence-electron chi connectivity index (χ2n) is 6.13. The van der Waals surface area contributed by atoms with Crippen molar-refractivity contribution < 1.29 is 9.18 Å². The number of likely N-dealkylation sites (tertiary alicyclic amines) is 1. The Morgan fingerprint density at radius 1 is 1.19 bits per heavy atom. The molecule has 1 heterocycles. The van der Waals surface area contributed by atoms with Crippen LogP contribution in [-0.4, -0.2) is 47.0 Å². The molecule has 2 amide bonds. The SMILES string of the molecule is CC(C)N(C(C)C)C1CN(C(=O)Nc2ccc(F)cc2)C1. The molecule has 5 heteroatoms. The lowest BCUT2D eigenvalue weighted by molar-refractivity contribution is 0.0202. The second kappa shape index (κ2) is 6.43. The zero-order chi connectivity index (χ0) is 15.6. The van der Waals surface area contributed by atoms with E-state index in [1.807, 2.05) is 0 Å². The number of nitrogens with zero attached hydrogens (tertiary/aromatic N) is 2. The van der Waals surface area contributed by atoms with Gasteiger partial charge in [-0.2, -0.15) is 0 Å². The van der Waals surface area contributed by atoms with Crippen molar-refractivity contribution >= 4 is 11.7 Å². The van der Waals surface area contributed by atoms with Crippen molar-refractivity contribution in [2.75, 3.05) is 18.4 Å². The summed E-state index contributed by atoms with van der Waals surface area (Å²) in [7, 11) is 0. The molecule has 1 aliphatic heterocycles. The van der Waals surface area contributed by atoms with E-state index in [9.17, 15) is 9.18 Å². The van der Waals surface area contributed by atoms with E-state index in [1.165, 1.54) is 12.1 Å². The van der Waals surface area contributed by atoms with Gasteiger partial charge in [0.2, 0.25) is 0 Å². The fraction of sp³-hybridized carbons (Fsp3) is 0.562. The number of hydrogen-bond acceptors (Lipinski definition) is 2. The minimum absolute atomic E-state index is 0.120. The van der Waals surface area contributed by atoms with Crippen LogP contribution in [0.25, 0.3) is 0 Å². The maximum Gasteiger partial charge on any atom is 0.321 e. The van der Waals surface area contributed by atoms with E-state index >= 15 is 0 Å². The van der Waals surface area contributed by atoms with Gasteiger partial charge in [-0.15, -0.1) is 0 Å². The Balaban J connectivity index is 1.86. The van der Waals surface area contributed by atoms with Crippen LogP contribution in [-0.2, 0) is 0 Å². The average molecular weight is 293 g/mol. The van der Waals surface area contributed by atoms with Gasteiger partial charge in [-0.25, -0.2) is 9.18 Å². The number of amides is 2. The first kappa shape index (κ1) is 15.8. The lowest BCUT2D eigenvalue weighted by Gasteiger charge is -2.48. The predicted octanol–water partition coefficient (Wildman–Crippen LogP) is 3.16. The van der Waals surface area contributed by atoms with Crippen molar-refractivity contribution in [2.45, 2.75) is 45.8 Å². The average Bonchev–Trinajstić information content (AvgIpc) is 2.34. The number of benzene rings is 1. The van der Waals surface area contributed by atoms with Crippen LogP contribution < -0.4 is 5.32 Å². The van der Waals surface area contributed by atoms with E-state index in [0.29, 0.717) is 23.8 Å². The molecule has 4 nitrogen and oxygen atoms in total. The zero-order valence-corrected chi connectivity index (χ0v) is 13.1. The number of hydrogen-bond donors (Lipinski definition) is 1. The van der Waals surface area contributed by atoms with Gasteiger partial charge in [0.15, 0.2) is 0 Å². The summed E-state index contributed by atoms with van der Waals surface area (Å²) < 4.78 is 12.8. The molecule has 0 atom stereocenters. The number of carbonyl (C=O) groups is 1. The summed E-state index contributed by atoms with van der Waals surface area (Å²) in [6, 6.07) is 7.06. The topological polar surface area (TPSA) is 35.6 Å².